The normalized spacial score (nSPS) is 20.0. The number of rotatable bonds is 0. The van der Waals surface area contributed by atoms with Crippen LogP contribution in [0.1, 0.15) is 36.9 Å². The third-order valence-corrected chi connectivity index (χ3v) is 3.18. The molecule has 1 aromatic heterocycles. The maximum absolute atomic E-state index is 4.44. The Balaban J connectivity index is 2.12. The molecular formula is C12H13N. The molecule has 1 heterocycles. The van der Waals surface area contributed by atoms with Gasteiger partial charge in [0.2, 0.25) is 0 Å². The number of nitrogens with zero attached hydrogens (tertiary/aromatic N) is 1. The first kappa shape index (κ1) is 7.31. The Kier molecular flexibility index (Phi) is 1.51. The summed E-state index contributed by atoms with van der Waals surface area (Å²) in [6, 6.07) is 4.29. The van der Waals surface area contributed by atoms with Crippen LogP contribution in [0.25, 0.3) is 5.57 Å². The van der Waals surface area contributed by atoms with E-state index < -0.39 is 0 Å². The molecule has 0 unspecified atom stereocenters. The van der Waals surface area contributed by atoms with Gasteiger partial charge >= 0.3 is 0 Å². The molecule has 1 heteroatoms. The van der Waals surface area contributed by atoms with Crippen LogP contribution in [0, 0.1) is 0 Å². The van der Waals surface area contributed by atoms with Gasteiger partial charge in [-0.2, -0.15) is 0 Å². The molecule has 0 radical (unpaired) electrons. The van der Waals surface area contributed by atoms with Gasteiger partial charge in [0.05, 0.1) is 5.69 Å². The Hall–Kier alpha value is -1.11. The van der Waals surface area contributed by atoms with Crippen LogP contribution in [0.3, 0.4) is 0 Å². The van der Waals surface area contributed by atoms with Crippen LogP contribution < -0.4 is 0 Å². The van der Waals surface area contributed by atoms with E-state index in [2.05, 4.69) is 17.1 Å². The van der Waals surface area contributed by atoms with Crippen molar-refractivity contribution in [3.8, 4) is 0 Å². The summed E-state index contributed by atoms with van der Waals surface area (Å²) in [5.41, 5.74) is 6.04. The second kappa shape index (κ2) is 2.69. The zero-order valence-electron chi connectivity index (χ0n) is 7.71. The molecule has 1 nitrogen and oxygen atoms in total. The first-order chi connectivity index (χ1) is 6.45. The summed E-state index contributed by atoms with van der Waals surface area (Å²) in [6.07, 6.45) is 8.39. The Morgan fingerprint density at radius 2 is 2.08 bits per heavy atom. The molecule has 0 spiro atoms. The van der Waals surface area contributed by atoms with Gasteiger partial charge in [-0.1, -0.05) is 11.6 Å². The van der Waals surface area contributed by atoms with Crippen LogP contribution >= 0.6 is 0 Å². The summed E-state index contributed by atoms with van der Waals surface area (Å²) < 4.78 is 0. The highest BCUT2D eigenvalue weighted by Crippen LogP contribution is 2.40. The smallest absolute Gasteiger partial charge is 0.0519 e. The van der Waals surface area contributed by atoms with E-state index in [1.165, 1.54) is 36.9 Å². The van der Waals surface area contributed by atoms with Gasteiger partial charge in [-0.05, 0) is 42.9 Å². The highest BCUT2D eigenvalue weighted by atomic mass is 14.7. The summed E-state index contributed by atoms with van der Waals surface area (Å²) >= 11 is 0. The minimum absolute atomic E-state index is 1.13. The lowest BCUT2D eigenvalue weighted by Crippen LogP contribution is -1.93. The maximum atomic E-state index is 4.44. The fourth-order valence-electron chi connectivity index (χ4n) is 2.54. The fourth-order valence-corrected chi connectivity index (χ4v) is 2.54. The average Bonchev–Trinajstić information content (AvgIpc) is 2.56. The highest BCUT2D eigenvalue weighted by molar-refractivity contribution is 5.75. The van der Waals surface area contributed by atoms with Crippen LogP contribution in [0.2, 0.25) is 0 Å². The van der Waals surface area contributed by atoms with Crippen molar-refractivity contribution in [3.05, 3.63) is 35.2 Å². The third-order valence-electron chi connectivity index (χ3n) is 3.18. The molecule has 0 amide bonds. The van der Waals surface area contributed by atoms with Gasteiger partial charge in [0.15, 0.2) is 0 Å². The molecule has 0 fully saturated rings. The van der Waals surface area contributed by atoms with Gasteiger partial charge in [0, 0.05) is 12.6 Å². The number of hydrogen-bond donors (Lipinski definition) is 0. The number of aromatic nitrogens is 1. The van der Waals surface area contributed by atoms with Crippen LogP contribution in [-0.2, 0) is 6.42 Å². The quantitative estimate of drug-likeness (QED) is 0.584. The zero-order chi connectivity index (χ0) is 8.67. The van der Waals surface area contributed by atoms with E-state index >= 15 is 0 Å². The molecule has 66 valence electrons. The van der Waals surface area contributed by atoms with Gasteiger partial charge in [-0.25, -0.2) is 0 Å². The first-order valence-corrected chi connectivity index (χ1v) is 5.10. The summed E-state index contributed by atoms with van der Waals surface area (Å²) in [4.78, 5) is 4.44. The SMILES string of the molecule is c1cnc2c(c1)C1=C(CCCC1)C2. The minimum Gasteiger partial charge on any atom is -0.260 e. The molecular weight excluding hydrogens is 158 g/mol. The predicted octanol–water partition coefficient (Wildman–Crippen LogP) is 2.97. The molecule has 1 aromatic rings. The maximum Gasteiger partial charge on any atom is 0.0519 e. The van der Waals surface area contributed by atoms with Crippen molar-refractivity contribution in [2.24, 2.45) is 0 Å². The molecule has 3 rings (SSSR count). The number of pyridine rings is 1. The van der Waals surface area contributed by atoms with Gasteiger partial charge in [0.25, 0.3) is 0 Å². The molecule has 0 bridgehead atoms. The Labute approximate surface area is 78.5 Å². The molecule has 0 atom stereocenters. The second-order valence-corrected chi connectivity index (χ2v) is 3.96. The number of fused-ring (bicyclic) bond motifs is 2. The Morgan fingerprint density at radius 1 is 1.15 bits per heavy atom. The number of allylic oxidation sites excluding steroid dienone is 2. The van der Waals surface area contributed by atoms with E-state index in [-0.39, 0.29) is 0 Å². The van der Waals surface area contributed by atoms with Crippen molar-refractivity contribution in [1.82, 2.24) is 4.98 Å². The summed E-state index contributed by atoms with van der Waals surface area (Å²) in [5, 5.41) is 0. The second-order valence-electron chi connectivity index (χ2n) is 3.96. The van der Waals surface area contributed by atoms with E-state index in [0.29, 0.717) is 0 Å². The Morgan fingerprint density at radius 3 is 3.08 bits per heavy atom. The fraction of sp³-hybridized carbons (Fsp3) is 0.417. The van der Waals surface area contributed by atoms with E-state index in [4.69, 9.17) is 0 Å². The summed E-state index contributed by atoms with van der Waals surface area (Å²) in [6.45, 7) is 0. The molecule has 0 aromatic carbocycles. The molecule has 0 aliphatic heterocycles. The lowest BCUT2D eigenvalue weighted by atomic mass is 9.92. The van der Waals surface area contributed by atoms with Gasteiger partial charge in [-0.3, -0.25) is 4.98 Å². The van der Waals surface area contributed by atoms with E-state index in [9.17, 15) is 0 Å². The summed E-state index contributed by atoms with van der Waals surface area (Å²) in [5.74, 6) is 0. The Bertz CT molecular complexity index is 376. The van der Waals surface area contributed by atoms with Crippen LogP contribution in [0.4, 0.5) is 0 Å². The van der Waals surface area contributed by atoms with E-state index in [0.717, 1.165) is 6.42 Å². The third kappa shape index (κ3) is 1.03. The topological polar surface area (TPSA) is 12.9 Å². The van der Waals surface area contributed by atoms with Gasteiger partial charge < -0.3 is 0 Å². The van der Waals surface area contributed by atoms with Crippen molar-refractivity contribution >= 4 is 5.57 Å². The zero-order valence-corrected chi connectivity index (χ0v) is 7.71. The molecule has 0 saturated heterocycles. The number of hydrogen-bond acceptors (Lipinski definition) is 1. The van der Waals surface area contributed by atoms with Crippen LogP contribution in [-0.4, -0.2) is 4.98 Å². The molecule has 0 saturated carbocycles. The highest BCUT2D eigenvalue weighted by Gasteiger charge is 2.23. The largest absolute Gasteiger partial charge is 0.260 e. The van der Waals surface area contributed by atoms with Gasteiger partial charge in [-0.15, -0.1) is 0 Å². The van der Waals surface area contributed by atoms with Crippen LogP contribution in [0.5, 0.6) is 0 Å². The lowest BCUT2D eigenvalue weighted by Gasteiger charge is -2.13. The van der Waals surface area contributed by atoms with Crippen molar-refractivity contribution in [1.29, 1.82) is 0 Å². The first-order valence-electron chi connectivity index (χ1n) is 5.10. The van der Waals surface area contributed by atoms with E-state index in [1.807, 2.05) is 6.20 Å². The molecule has 2 aliphatic rings. The average molecular weight is 171 g/mol. The molecule has 0 N–H and O–H groups in total. The van der Waals surface area contributed by atoms with Crippen molar-refractivity contribution < 1.29 is 0 Å². The van der Waals surface area contributed by atoms with Crippen molar-refractivity contribution in [3.63, 3.8) is 0 Å². The predicted molar refractivity (Wildman–Crippen MR) is 53.3 cm³/mol. The van der Waals surface area contributed by atoms with Crippen molar-refractivity contribution in [2.75, 3.05) is 0 Å². The van der Waals surface area contributed by atoms with Gasteiger partial charge in [0.1, 0.15) is 0 Å². The van der Waals surface area contributed by atoms with Crippen molar-refractivity contribution in [2.45, 2.75) is 32.1 Å². The van der Waals surface area contributed by atoms with E-state index in [1.54, 1.807) is 11.1 Å². The monoisotopic (exact) mass is 171 g/mol. The summed E-state index contributed by atoms with van der Waals surface area (Å²) in [7, 11) is 0. The molecule has 13 heavy (non-hydrogen) atoms. The lowest BCUT2D eigenvalue weighted by molar-refractivity contribution is 0.710. The van der Waals surface area contributed by atoms with Crippen LogP contribution in [0.15, 0.2) is 23.9 Å². The minimum atomic E-state index is 1.13. The molecule has 2 aliphatic carbocycles. The standard InChI is InChI=1S/C12H13N/c1-2-5-10-9(4-1)8-12-11(10)6-3-7-13-12/h3,6-7H,1-2,4-5,8H2.